The Balaban J connectivity index is 2.40. The van der Waals surface area contributed by atoms with Crippen LogP contribution in [0, 0.1) is 10.1 Å². The molecule has 0 aromatic heterocycles. The van der Waals surface area contributed by atoms with Crippen molar-refractivity contribution in [1.29, 1.82) is 0 Å². The summed E-state index contributed by atoms with van der Waals surface area (Å²) in [5, 5.41) is 10.4. The summed E-state index contributed by atoms with van der Waals surface area (Å²) in [4.78, 5) is 9.99. The highest BCUT2D eigenvalue weighted by Gasteiger charge is 2.04. The number of hydrogen-bond acceptors (Lipinski definition) is 4. The highest BCUT2D eigenvalue weighted by Crippen LogP contribution is 2.12. The van der Waals surface area contributed by atoms with Gasteiger partial charge in [-0.25, -0.2) is 0 Å². The third-order valence-electron chi connectivity index (χ3n) is 2.27. The maximum absolute atomic E-state index is 10.4. The number of rotatable bonds is 6. The van der Waals surface area contributed by atoms with Crippen molar-refractivity contribution in [3.8, 4) is 0 Å². The van der Waals surface area contributed by atoms with Gasteiger partial charge in [0.05, 0.1) is 18.1 Å². The second-order valence-electron chi connectivity index (χ2n) is 3.61. The molecule has 2 N–H and O–H groups in total. The van der Waals surface area contributed by atoms with E-state index < -0.39 is 4.92 Å². The fraction of sp³-hybridized carbons (Fsp3) is 0.455. The predicted octanol–water partition coefficient (Wildman–Crippen LogP) is 1.85. The van der Waals surface area contributed by atoms with Crippen molar-refractivity contribution in [3.05, 3.63) is 39.9 Å². The molecule has 0 aliphatic carbocycles. The number of hydrogen-bond donors (Lipinski definition) is 1. The fourth-order valence-corrected chi connectivity index (χ4v) is 1.16. The number of nitrogens with two attached hydrogens (primary N) is 1. The Morgan fingerprint density at radius 1 is 1.44 bits per heavy atom. The molecule has 0 saturated heterocycles. The van der Waals surface area contributed by atoms with E-state index in [4.69, 9.17) is 10.5 Å². The molecular weight excluding hydrogens is 208 g/mol. The largest absolute Gasteiger partial charge is 0.375 e. The Morgan fingerprint density at radius 3 is 2.56 bits per heavy atom. The minimum Gasteiger partial charge on any atom is -0.375 e. The Kier molecular flexibility index (Phi) is 4.88. The molecule has 0 amide bonds. The lowest BCUT2D eigenvalue weighted by atomic mass is 10.2. The van der Waals surface area contributed by atoms with Crippen LogP contribution >= 0.6 is 0 Å². The van der Waals surface area contributed by atoms with E-state index in [1.165, 1.54) is 12.1 Å². The molecule has 0 heterocycles. The van der Waals surface area contributed by atoms with Crippen molar-refractivity contribution >= 4 is 5.69 Å². The molecule has 1 rings (SSSR count). The van der Waals surface area contributed by atoms with Gasteiger partial charge in [0.15, 0.2) is 0 Å². The van der Waals surface area contributed by atoms with Crippen molar-refractivity contribution in [1.82, 2.24) is 0 Å². The van der Waals surface area contributed by atoms with E-state index >= 15 is 0 Å². The van der Waals surface area contributed by atoms with Crippen LogP contribution in [0.5, 0.6) is 0 Å². The minimum atomic E-state index is -0.419. The van der Waals surface area contributed by atoms with E-state index in [1.54, 1.807) is 12.1 Å². The Morgan fingerprint density at radius 2 is 2.06 bits per heavy atom. The van der Waals surface area contributed by atoms with Crippen molar-refractivity contribution in [3.63, 3.8) is 0 Å². The van der Waals surface area contributed by atoms with Gasteiger partial charge in [-0.15, -0.1) is 0 Å². The SMILES string of the molecule is CCC(N)COCc1ccc([N+](=O)[O-])cc1. The molecule has 0 bridgehead atoms. The quantitative estimate of drug-likeness (QED) is 0.590. The molecule has 5 nitrogen and oxygen atoms in total. The summed E-state index contributed by atoms with van der Waals surface area (Å²) in [6.45, 7) is 2.94. The van der Waals surface area contributed by atoms with E-state index in [1.807, 2.05) is 6.92 Å². The average Bonchev–Trinajstić information content (AvgIpc) is 2.29. The number of nitro benzene ring substituents is 1. The van der Waals surface area contributed by atoms with Gasteiger partial charge in [0, 0.05) is 18.2 Å². The van der Waals surface area contributed by atoms with Crippen molar-refractivity contribution in [2.45, 2.75) is 26.0 Å². The molecule has 1 unspecified atom stereocenters. The third kappa shape index (κ3) is 3.96. The van der Waals surface area contributed by atoms with E-state index in [2.05, 4.69) is 0 Å². The molecule has 0 radical (unpaired) electrons. The molecule has 88 valence electrons. The molecule has 0 aliphatic rings. The van der Waals surface area contributed by atoms with Crippen molar-refractivity contribution in [2.24, 2.45) is 5.73 Å². The first kappa shape index (κ1) is 12.6. The zero-order valence-corrected chi connectivity index (χ0v) is 9.26. The summed E-state index contributed by atoms with van der Waals surface area (Å²) >= 11 is 0. The maximum Gasteiger partial charge on any atom is 0.269 e. The second-order valence-corrected chi connectivity index (χ2v) is 3.61. The standard InChI is InChI=1S/C11H16N2O3/c1-2-10(12)8-16-7-9-3-5-11(6-4-9)13(14)15/h3-6,10H,2,7-8,12H2,1H3. The maximum atomic E-state index is 10.4. The smallest absolute Gasteiger partial charge is 0.269 e. The molecule has 1 aromatic carbocycles. The summed E-state index contributed by atoms with van der Waals surface area (Å²) in [5.74, 6) is 0. The van der Waals surface area contributed by atoms with Crippen molar-refractivity contribution in [2.75, 3.05) is 6.61 Å². The number of non-ortho nitro benzene ring substituents is 1. The summed E-state index contributed by atoms with van der Waals surface area (Å²) < 4.78 is 5.38. The van der Waals surface area contributed by atoms with Crippen LogP contribution in [0.3, 0.4) is 0 Å². The summed E-state index contributed by atoms with van der Waals surface area (Å²) in [6.07, 6.45) is 0.875. The predicted molar refractivity (Wildman–Crippen MR) is 61.0 cm³/mol. The number of benzene rings is 1. The van der Waals surface area contributed by atoms with Gasteiger partial charge >= 0.3 is 0 Å². The van der Waals surface area contributed by atoms with Crippen LogP contribution in [0.4, 0.5) is 5.69 Å². The summed E-state index contributed by atoms with van der Waals surface area (Å²) in [7, 11) is 0. The fourth-order valence-electron chi connectivity index (χ4n) is 1.16. The summed E-state index contributed by atoms with van der Waals surface area (Å²) in [5.41, 5.74) is 6.69. The third-order valence-corrected chi connectivity index (χ3v) is 2.27. The van der Waals surface area contributed by atoms with Gasteiger partial charge in [0.25, 0.3) is 5.69 Å². The van der Waals surface area contributed by atoms with Gasteiger partial charge in [-0.2, -0.15) is 0 Å². The van der Waals surface area contributed by atoms with Gasteiger partial charge in [-0.05, 0) is 24.1 Å². The first-order chi connectivity index (χ1) is 7.63. The van der Waals surface area contributed by atoms with Crippen LogP contribution < -0.4 is 5.73 Å². The van der Waals surface area contributed by atoms with E-state index in [-0.39, 0.29) is 11.7 Å². The molecule has 16 heavy (non-hydrogen) atoms. The first-order valence-corrected chi connectivity index (χ1v) is 5.20. The average molecular weight is 224 g/mol. The van der Waals surface area contributed by atoms with Crippen LogP contribution in [-0.2, 0) is 11.3 Å². The van der Waals surface area contributed by atoms with Crippen LogP contribution in [0.25, 0.3) is 0 Å². The highest BCUT2D eigenvalue weighted by atomic mass is 16.6. The molecular formula is C11H16N2O3. The van der Waals surface area contributed by atoms with Crippen LogP contribution in [0.2, 0.25) is 0 Å². The highest BCUT2D eigenvalue weighted by molar-refractivity contribution is 5.32. The van der Waals surface area contributed by atoms with Crippen LogP contribution in [0.15, 0.2) is 24.3 Å². The lowest BCUT2D eigenvalue weighted by molar-refractivity contribution is -0.384. The van der Waals surface area contributed by atoms with Gasteiger partial charge in [0.1, 0.15) is 0 Å². The molecule has 0 aliphatic heterocycles. The topological polar surface area (TPSA) is 78.4 Å². The van der Waals surface area contributed by atoms with Gasteiger partial charge in [-0.3, -0.25) is 10.1 Å². The first-order valence-electron chi connectivity index (χ1n) is 5.20. The van der Waals surface area contributed by atoms with E-state index in [0.29, 0.717) is 13.2 Å². The number of nitrogens with zero attached hydrogens (tertiary/aromatic N) is 1. The van der Waals surface area contributed by atoms with E-state index in [9.17, 15) is 10.1 Å². The lowest BCUT2D eigenvalue weighted by Gasteiger charge is -2.09. The van der Waals surface area contributed by atoms with Gasteiger partial charge in [-0.1, -0.05) is 6.92 Å². The molecule has 0 spiro atoms. The molecule has 0 fully saturated rings. The summed E-state index contributed by atoms with van der Waals surface area (Å²) in [6, 6.07) is 6.38. The Hall–Kier alpha value is -1.46. The second kappa shape index (κ2) is 6.19. The van der Waals surface area contributed by atoms with E-state index in [0.717, 1.165) is 12.0 Å². The molecule has 1 aromatic rings. The molecule has 5 heteroatoms. The minimum absolute atomic E-state index is 0.0537. The van der Waals surface area contributed by atoms with Gasteiger partial charge < -0.3 is 10.5 Å². The van der Waals surface area contributed by atoms with Crippen LogP contribution in [0.1, 0.15) is 18.9 Å². The number of nitro groups is 1. The zero-order valence-electron chi connectivity index (χ0n) is 9.26. The normalized spacial score (nSPS) is 12.4. The zero-order chi connectivity index (χ0) is 12.0. The number of ether oxygens (including phenoxy) is 1. The Labute approximate surface area is 94.4 Å². The molecule has 1 atom stereocenters. The molecule has 0 saturated carbocycles. The lowest BCUT2D eigenvalue weighted by Crippen LogP contribution is -2.24. The monoisotopic (exact) mass is 224 g/mol. The van der Waals surface area contributed by atoms with Crippen LogP contribution in [-0.4, -0.2) is 17.6 Å². The Bertz CT molecular complexity index is 338. The van der Waals surface area contributed by atoms with Gasteiger partial charge in [0.2, 0.25) is 0 Å². The van der Waals surface area contributed by atoms with Crippen molar-refractivity contribution < 1.29 is 9.66 Å².